The number of nitrogen functional groups attached to an aromatic ring is 1. The molecule has 1 aromatic rings. The largest absolute Gasteiger partial charge is 0.395 e. The molecule has 4 nitrogen and oxygen atoms in total. The number of aliphatic hydroxyl groups excluding tert-OH is 1. The first-order valence-electron chi connectivity index (χ1n) is 5.39. The molecular formula is C12H18FN3O. The highest BCUT2D eigenvalue weighted by atomic mass is 19.1. The summed E-state index contributed by atoms with van der Waals surface area (Å²) in [5, 5.41) is 16.4. The van der Waals surface area contributed by atoms with Crippen LogP contribution in [0.3, 0.4) is 0 Å². The van der Waals surface area contributed by atoms with Crippen LogP contribution in [0.15, 0.2) is 18.2 Å². The molecule has 1 rings (SSSR count). The molecule has 0 aromatic heterocycles. The van der Waals surface area contributed by atoms with E-state index in [-0.39, 0.29) is 18.5 Å². The van der Waals surface area contributed by atoms with E-state index in [1.54, 1.807) is 6.07 Å². The van der Waals surface area contributed by atoms with E-state index in [0.717, 1.165) is 5.56 Å². The first-order valence-corrected chi connectivity index (χ1v) is 5.39. The third-order valence-electron chi connectivity index (χ3n) is 2.80. The van der Waals surface area contributed by atoms with Gasteiger partial charge >= 0.3 is 0 Å². The molecule has 5 heteroatoms. The van der Waals surface area contributed by atoms with E-state index in [2.05, 4.69) is 0 Å². The van der Waals surface area contributed by atoms with Gasteiger partial charge in [0.25, 0.3) is 0 Å². The van der Waals surface area contributed by atoms with Crippen molar-refractivity contribution in [2.75, 3.05) is 13.7 Å². The SMILES string of the molecule is CC(CO)N(C)Cc1ccc(F)cc1C(=N)N. The predicted molar refractivity (Wildman–Crippen MR) is 65.4 cm³/mol. The Morgan fingerprint density at radius 2 is 2.24 bits per heavy atom. The standard InChI is InChI=1S/C12H18FN3O/c1-8(7-17)16(2)6-9-3-4-10(13)5-11(9)12(14)15/h3-5,8,17H,6-7H2,1-2H3,(H3,14,15). The van der Waals surface area contributed by atoms with Gasteiger partial charge in [0.2, 0.25) is 0 Å². The number of nitrogens with zero attached hydrogens (tertiary/aromatic N) is 1. The summed E-state index contributed by atoms with van der Waals surface area (Å²) in [4.78, 5) is 1.92. The van der Waals surface area contributed by atoms with Gasteiger partial charge in [-0.1, -0.05) is 6.07 Å². The lowest BCUT2D eigenvalue weighted by Gasteiger charge is -2.23. The average Bonchev–Trinajstić information content (AvgIpc) is 2.29. The molecule has 0 saturated heterocycles. The molecule has 1 aromatic carbocycles. The van der Waals surface area contributed by atoms with Gasteiger partial charge in [0.1, 0.15) is 11.7 Å². The van der Waals surface area contributed by atoms with E-state index in [9.17, 15) is 4.39 Å². The Hall–Kier alpha value is -1.46. The topological polar surface area (TPSA) is 73.3 Å². The Labute approximate surface area is 100 Å². The van der Waals surface area contributed by atoms with Crippen molar-refractivity contribution >= 4 is 5.84 Å². The highest BCUT2D eigenvalue weighted by molar-refractivity contribution is 5.96. The first kappa shape index (κ1) is 13.6. The molecule has 0 spiro atoms. The minimum absolute atomic E-state index is 0.000128. The van der Waals surface area contributed by atoms with Crippen molar-refractivity contribution in [2.24, 2.45) is 5.73 Å². The molecule has 94 valence electrons. The van der Waals surface area contributed by atoms with Crippen LogP contribution in [-0.2, 0) is 6.54 Å². The molecule has 0 saturated carbocycles. The maximum absolute atomic E-state index is 13.1. The molecule has 0 aliphatic rings. The van der Waals surface area contributed by atoms with Gasteiger partial charge in [-0.3, -0.25) is 10.3 Å². The normalized spacial score (nSPS) is 12.8. The predicted octanol–water partition coefficient (Wildman–Crippen LogP) is 0.922. The van der Waals surface area contributed by atoms with Crippen molar-refractivity contribution in [3.63, 3.8) is 0 Å². The van der Waals surface area contributed by atoms with Crippen molar-refractivity contribution < 1.29 is 9.50 Å². The lowest BCUT2D eigenvalue weighted by Crippen LogP contribution is -2.32. The number of hydrogen-bond acceptors (Lipinski definition) is 3. The van der Waals surface area contributed by atoms with Gasteiger partial charge in [-0.2, -0.15) is 0 Å². The smallest absolute Gasteiger partial charge is 0.123 e. The fourth-order valence-electron chi connectivity index (χ4n) is 1.50. The molecular weight excluding hydrogens is 221 g/mol. The summed E-state index contributed by atoms with van der Waals surface area (Å²) >= 11 is 0. The fourth-order valence-corrected chi connectivity index (χ4v) is 1.50. The Morgan fingerprint density at radius 3 is 2.76 bits per heavy atom. The zero-order valence-electron chi connectivity index (χ0n) is 10.1. The van der Waals surface area contributed by atoms with Crippen molar-refractivity contribution in [1.82, 2.24) is 4.90 Å². The van der Waals surface area contributed by atoms with Gasteiger partial charge in [0, 0.05) is 18.2 Å². The number of nitrogens with one attached hydrogen (secondary N) is 1. The van der Waals surface area contributed by atoms with Crippen molar-refractivity contribution in [3.05, 3.63) is 35.1 Å². The van der Waals surface area contributed by atoms with Crippen LogP contribution in [0.25, 0.3) is 0 Å². The van der Waals surface area contributed by atoms with Crippen LogP contribution >= 0.6 is 0 Å². The third-order valence-corrected chi connectivity index (χ3v) is 2.80. The van der Waals surface area contributed by atoms with Crippen LogP contribution in [0.1, 0.15) is 18.1 Å². The summed E-state index contributed by atoms with van der Waals surface area (Å²) in [6, 6.07) is 4.22. The molecule has 1 atom stereocenters. The molecule has 0 aliphatic heterocycles. The van der Waals surface area contributed by atoms with Gasteiger partial charge < -0.3 is 10.8 Å². The van der Waals surface area contributed by atoms with Crippen LogP contribution in [-0.4, -0.2) is 35.5 Å². The van der Waals surface area contributed by atoms with Crippen molar-refractivity contribution in [3.8, 4) is 0 Å². The Morgan fingerprint density at radius 1 is 1.59 bits per heavy atom. The van der Waals surface area contributed by atoms with Gasteiger partial charge in [-0.05, 0) is 31.7 Å². The van der Waals surface area contributed by atoms with Crippen LogP contribution < -0.4 is 5.73 Å². The molecule has 0 heterocycles. The minimum atomic E-state index is -0.406. The molecule has 4 N–H and O–H groups in total. The van der Waals surface area contributed by atoms with E-state index in [4.69, 9.17) is 16.2 Å². The maximum atomic E-state index is 13.1. The average molecular weight is 239 g/mol. The van der Waals surface area contributed by atoms with E-state index < -0.39 is 5.82 Å². The minimum Gasteiger partial charge on any atom is -0.395 e. The first-order chi connectivity index (χ1) is 7.95. The molecule has 0 fully saturated rings. The van der Waals surface area contributed by atoms with Gasteiger partial charge in [-0.15, -0.1) is 0 Å². The highest BCUT2D eigenvalue weighted by Gasteiger charge is 2.12. The van der Waals surface area contributed by atoms with E-state index in [1.807, 2.05) is 18.9 Å². The molecule has 0 aliphatic carbocycles. The maximum Gasteiger partial charge on any atom is 0.123 e. The second-order valence-electron chi connectivity index (χ2n) is 4.16. The number of rotatable bonds is 5. The van der Waals surface area contributed by atoms with Crippen LogP contribution in [0.5, 0.6) is 0 Å². The molecule has 1 unspecified atom stereocenters. The fraction of sp³-hybridized carbons (Fsp3) is 0.417. The summed E-state index contributed by atoms with van der Waals surface area (Å²) in [6.45, 7) is 2.45. The summed E-state index contributed by atoms with van der Waals surface area (Å²) < 4.78 is 13.1. The number of benzene rings is 1. The lowest BCUT2D eigenvalue weighted by molar-refractivity contribution is 0.154. The van der Waals surface area contributed by atoms with Crippen LogP contribution in [0.2, 0.25) is 0 Å². The van der Waals surface area contributed by atoms with Gasteiger partial charge in [0.15, 0.2) is 0 Å². The molecule has 17 heavy (non-hydrogen) atoms. The Bertz CT molecular complexity index is 409. The Kier molecular flexibility index (Phi) is 4.60. The molecule has 0 bridgehead atoms. The Balaban J connectivity index is 2.94. The van der Waals surface area contributed by atoms with Crippen LogP contribution in [0, 0.1) is 11.2 Å². The second-order valence-corrected chi connectivity index (χ2v) is 4.16. The lowest BCUT2D eigenvalue weighted by atomic mass is 10.1. The van der Waals surface area contributed by atoms with E-state index in [1.165, 1.54) is 12.1 Å². The van der Waals surface area contributed by atoms with Gasteiger partial charge in [0.05, 0.1) is 6.61 Å². The molecule has 0 amide bonds. The second kappa shape index (κ2) is 5.75. The summed E-state index contributed by atoms with van der Waals surface area (Å²) in [6.07, 6.45) is 0. The number of likely N-dealkylation sites (N-methyl/N-ethyl adjacent to an activating group) is 1. The highest BCUT2D eigenvalue weighted by Crippen LogP contribution is 2.14. The van der Waals surface area contributed by atoms with E-state index >= 15 is 0 Å². The molecule has 0 radical (unpaired) electrons. The number of aliphatic hydroxyl groups is 1. The van der Waals surface area contributed by atoms with Crippen molar-refractivity contribution in [1.29, 1.82) is 5.41 Å². The number of nitrogens with two attached hydrogens (primary N) is 1. The zero-order valence-corrected chi connectivity index (χ0v) is 10.1. The van der Waals surface area contributed by atoms with E-state index in [0.29, 0.717) is 12.1 Å². The number of amidine groups is 1. The summed E-state index contributed by atoms with van der Waals surface area (Å²) in [7, 11) is 1.86. The number of halogens is 1. The summed E-state index contributed by atoms with van der Waals surface area (Å²) in [5.41, 5.74) is 6.60. The zero-order chi connectivity index (χ0) is 13.0. The third kappa shape index (κ3) is 3.51. The monoisotopic (exact) mass is 239 g/mol. The van der Waals surface area contributed by atoms with Crippen molar-refractivity contribution in [2.45, 2.75) is 19.5 Å². The number of hydrogen-bond donors (Lipinski definition) is 3. The van der Waals surface area contributed by atoms with Gasteiger partial charge in [-0.25, -0.2) is 4.39 Å². The van der Waals surface area contributed by atoms with Crippen LogP contribution in [0.4, 0.5) is 4.39 Å². The summed E-state index contributed by atoms with van der Waals surface area (Å²) in [5.74, 6) is -0.554. The quantitative estimate of drug-likeness (QED) is 0.528.